The lowest BCUT2D eigenvalue weighted by Crippen LogP contribution is -2.29. The number of H-pyrrole nitrogens is 1. The molecule has 0 bridgehead atoms. The molecule has 0 aliphatic heterocycles. The Kier molecular flexibility index (Phi) is 6.81. The highest BCUT2D eigenvalue weighted by atomic mass is 16.5. The molecule has 154 valence electrons. The summed E-state index contributed by atoms with van der Waals surface area (Å²) in [6.07, 6.45) is 2.56. The minimum atomic E-state index is -0.00756. The lowest BCUT2D eigenvalue weighted by molar-refractivity contribution is -0.121. The Labute approximate surface area is 172 Å². The van der Waals surface area contributed by atoms with E-state index in [-0.39, 0.29) is 11.8 Å². The third kappa shape index (κ3) is 4.91. The molecule has 5 nitrogen and oxygen atoms in total. The van der Waals surface area contributed by atoms with Gasteiger partial charge in [-0.25, -0.2) is 0 Å². The molecule has 1 atom stereocenters. The Balaban J connectivity index is 1.97. The smallest absolute Gasteiger partial charge is 0.220 e. The lowest BCUT2D eigenvalue weighted by atomic mass is 9.90. The van der Waals surface area contributed by atoms with Crippen LogP contribution in [0.15, 0.2) is 48.7 Å². The Morgan fingerprint density at radius 1 is 1.14 bits per heavy atom. The molecule has 1 amide bonds. The summed E-state index contributed by atoms with van der Waals surface area (Å²) in [4.78, 5) is 15.7. The molecule has 0 spiro atoms. The fourth-order valence-electron chi connectivity index (χ4n) is 3.62. The van der Waals surface area contributed by atoms with Gasteiger partial charge in [0.05, 0.1) is 13.7 Å². The molecule has 0 unspecified atom stereocenters. The van der Waals surface area contributed by atoms with Crippen LogP contribution in [0.25, 0.3) is 10.9 Å². The summed E-state index contributed by atoms with van der Waals surface area (Å²) < 4.78 is 11.2. The van der Waals surface area contributed by atoms with Gasteiger partial charge in [-0.2, -0.15) is 0 Å². The summed E-state index contributed by atoms with van der Waals surface area (Å²) in [5.41, 5.74) is 3.30. The maximum atomic E-state index is 12.3. The van der Waals surface area contributed by atoms with E-state index in [9.17, 15) is 4.79 Å². The van der Waals surface area contributed by atoms with Crippen molar-refractivity contribution in [3.8, 4) is 11.5 Å². The van der Waals surface area contributed by atoms with Crippen molar-refractivity contribution < 1.29 is 14.3 Å². The number of aromatic amines is 1. The predicted octanol–water partition coefficient (Wildman–Crippen LogP) is 4.87. The van der Waals surface area contributed by atoms with Gasteiger partial charge in [0, 0.05) is 36.0 Å². The highest BCUT2D eigenvalue weighted by Gasteiger charge is 2.21. The van der Waals surface area contributed by atoms with Crippen molar-refractivity contribution in [2.45, 2.75) is 33.1 Å². The Bertz CT molecular complexity index is 962. The summed E-state index contributed by atoms with van der Waals surface area (Å²) >= 11 is 0. The van der Waals surface area contributed by atoms with Gasteiger partial charge in [0.15, 0.2) is 11.5 Å². The third-order valence-corrected chi connectivity index (χ3v) is 4.98. The number of nitrogens with one attached hydrogen (secondary N) is 2. The summed E-state index contributed by atoms with van der Waals surface area (Å²) in [6, 6.07) is 14.2. The molecule has 3 rings (SSSR count). The van der Waals surface area contributed by atoms with E-state index in [4.69, 9.17) is 9.47 Å². The van der Waals surface area contributed by atoms with Gasteiger partial charge in [-0.15, -0.1) is 0 Å². The van der Waals surface area contributed by atoms with Crippen LogP contribution in [0.5, 0.6) is 11.5 Å². The molecule has 0 aliphatic carbocycles. The summed E-state index contributed by atoms with van der Waals surface area (Å²) in [5.74, 6) is 1.81. The first-order chi connectivity index (χ1) is 14.0. The highest BCUT2D eigenvalue weighted by molar-refractivity contribution is 5.84. The summed E-state index contributed by atoms with van der Waals surface area (Å²) in [7, 11) is 1.65. The zero-order valence-electron chi connectivity index (χ0n) is 17.6. The van der Waals surface area contributed by atoms with E-state index in [1.165, 1.54) is 0 Å². The minimum absolute atomic E-state index is 0.00756. The maximum absolute atomic E-state index is 12.3. The number of hydrogen-bond donors (Lipinski definition) is 2. The number of amides is 1. The molecule has 0 aliphatic rings. The van der Waals surface area contributed by atoms with E-state index in [1.807, 2.05) is 51.2 Å². The molecule has 0 saturated heterocycles. The Hall–Kier alpha value is -2.95. The normalized spacial score (nSPS) is 12.2. The number of benzene rings is 2. The molecular weight excluding hydrogens is 364 g/mol. The van der Waals surface area contributed by atoms with Crippen molar-refractivity contribution in [3.05, 3.63) is 59.8 Å². The van der Waals surface area contributed by atoms with Crippen LogP contribution in [0.1, 0.15) is 44.2 Å². The average molecular weight is 395 g/mol. The highest BCUT2D eigenvalue weighted by Crippen LogP contribution is 2.35. The number of hydrogen-bond acceptors (Lipinski definition) is 3. The molecule has 0 saturated carbocycles. The monoisotopic (exact) mass is 394 g/mol. The van der Waals surface area contributed by atoms with Gasteiger partial charge in [0.1, 0.15) is 0 Å². The van der Waals surface area contributed by atoms with Crippen molar-refractivity contribution in [2.75, 3.05) is 20.3 Å². The van der Waals surface area contributed by atoms with Gasteiger partial charge in [-0.1, -0.05) is 38.1 Å². The van der Waals surface area contributed by atoms with Crippen LogP contribution in [0.4, 0.5) is 0 Å². The number of methoxy groups -OCH3 is 1. The van der Waals surface area contributed by atoms with Gasteiger partial charge in [-0.05, 0) is 42.2 Å². The molecule has 2 aromatic carbocycles. The first-order valence-corrected chi connectivity index (χ1v) is 10.2. The first-order valence-electron chi connectivity index (χ1n) is 10.2. The van der Waals surface area contributed by atoms with Crippen molar-refractivity contribution in [2.24, 2.45) is 5.92 Å². The molecule has 1 heterocycles. The molecule has 0 radical (unpaired) electrons. The van der Waals surface area contributed by atoms with Gasteiger partial charge in [0.2, 0.25) is 5.91 Å². The average Bonchev–Trinajstić information content (AvgIpc) is 3.13. The standard InChI is InChI=1S/C24H30N2O3/c1-5-29-22-11-10-17(13-23(22)28-4)19(14-26-24(27)12-16(2)3)20-15-25-21-9-7-6-8-18(20)21/h6-11,13,15-16,19,25H,5,12,14H2,1-4H3,(H,26,27)/t19-/m1/s1. The maximum Gasteiger partial charge on any atom is 0.220 e. The first kappa shape index (κ1) is 20.8. The van der Waals surface area contributed by atoms with Crippen LogP contribution in [-0.2, 0) is 4.79 Å². The molecule has 2 N–H and O–H groups in total. The number of ether oxygens (including phenoxy) is 2. The Morgan fingerprint density at radius 2 is 1.93 bits per heavy atom. The minimum Gasteiger partial charge on any atom is -0.493 e. The summed E-state index contributed by atoms with van der Waals surface area (Å²) in [6.45, 7) is 7.14. The predicted molar refractivity (Wildman–Crippen MR) is 117 cm³/mol. The van der Waals surface area contributed by atoms with Crippen LogP contribution < -0.4 is 14.8 Å². The number of fused-ring (bicyclic) bond motifs is 1. The number of carbonyl (C=O) groups excluding carboxylic acids is 1. The number of rotatable bonds is 9. The van der Waals surface area contributed by atoms with Crippen LogP contribution >= 0.6 is 0 Å². The largest absolute Gasteiger partial charge is 0.493 e. The van der Waals surface area contributed by atoms with Gasteiger partial charge >= 0.3 is 0 Å². The van der Waals surface area contributed by atoms with Gasteiger partial charge in [-0.3, -0.25) is 4.79 Å². The van der Waals surface area contributed by atoms with Crippen LogP contribution in [-0.4, -0.2) is 31.2 Å². The second-order valence-electron chi connectivity index (χ2n) is 7.59. The molecular formula is C24H30N2O3. The van der Waals surface area contributed by atoms with E-state index in [1.54, 1.807) is 7.11 Å². The second kappa shape index (κ2) is 9.50. The molecule has 3 aromatic rings. The van der Waals surface area contributed by atoms with Gasteiger partial charge in [0.25, 0.3) is 0 Å². The third-order valence-electron chi connectivity index (χ3n) is 4.98. The number of aromatic nitrogens is 1. The zero-order valence-corrected chi connectivity index (χ0v) is 17.6. The van der Waals surface area contributed by atoms with E-state index >= 15 is 0 Å². The fraction of sp³-hybridized carbons (Fsp3) is 0.375. The van der Waals surface area contributed by atoms with E-state index < -0.39 is 0 Å². The van der Waals surface area contributed by atoms with Crippen molar-refractivity contribution in [1.29, 1.82) is 0 Å². The molecule has 1 aromatic heterocycles. The number of carbonyl (C=O) groups is 1. The molecule has 5 heteroatoms. The quantitative estimate of drug-likeness (QED) is 0.544. The van der Waals surface area contributed by atoms with Crippen LogP contribution in [0.2, 0.25) is 0 Å². The van der Waals surface area contributed by atoms with Crippen LogP contribution in [0.3, 0.4) is 0 Å². The lowest BCUT2D eigenvalue weighted by Gasteiger charge is -2.20. The topological polar surface area (TPSA) is 63.3 Å². The fourth-order valence-corrected chi connectivity index (χ4v) is 3.62. The van der Waals surface area contributed by atoms with E-state index in [2.05, 4.69) is 28.5 Å². The van der Waals surface area contributed by atoms with E-state index in [0.29, 0.717) is 31.2 Å². The zero-order chi connectivity index (χ0) is 20.8. The SMILES string of the molecule is CCOc1ccc([C@@H](CNC(=O)CC(C)C)c2c[nH]c3ccccc23)cc1OC. The van der Waals surface area contributed by atoms with Crippen LogP contribution in [0, 0.1) is 5.92 Å². The van der Waals surface area contributed by atoms with Gasteiger partial charge < -0.3 is 19.8 Å². The van der Waals surface area contributed by atoms with Crippen molar-refractivity contribution in [1.82, 2.24) is 10.3 Å². The van der Waals surface area contributed by atoms with Crippen molar-refractivity contribution in [3.63, 3.8) is 0 Å². The second-order valence-corrected chi connectivity index (χ2v) is 7.59. The van der Waals surface area contributed by atoms with Crippen molar-refractivity contribution >= 4 is 16.8 Å². The molecule has 0 fully saturated rings. The number of para-hydroxylation sites is 1. The van der Waals surface area contributed by atoms with E-state index in [0.717, 1.165) is 27.8 Å². The molecule has 29 heavy (non-hydrogen) atoms. The Morgan fingerprint density at radius 3 is 2.66 bits per heavy atom. The summed E-state index contributed by atoms with van der Waals surface area (Å²) in [5, 5.41) is 4.27.